The highest BCUT2D eigenvalue weighted by Gasteiger charge is 2.34. The van der Waals surface area contributed by atoms with Crippen molar-refractivity contribution >= 4 is 38.9 Å². The highest BCUT2D eigenvalue weighted by atomic mass is 32.2. The van der Waals surface area contributed by atoms with Crippen LogP contribution in [0.25, 0.3) is 6.08 Å². The molecule has 29 heavy (non-hydrogen) atoms. The normalized spacial score (nSPS) is 17.3. The van der Waals surface area contributed by atoms with Gasteiger partial charge in [0.25, 0.3) is 15.9 Å². The van der Waals surface area contributed by atoms with E-state index in [1.54, 1.807) is 24.3 Å². The number of rotatable bonds is 6. The molecule has 0 aliphatic carbocycles. The van der Waals surface area contributed by atoms with E-state index in [0.717, 1.165) is 23.7 Å². The van der Waals surface area contributed by atoms with Gasteiger partial charge >= 0.3 is 0 Å². The summed E-state index contributed by atoms with van der Waals surface area (Å²) in [5.41, 5.74) is 1.24. The maximum atomic E-state index is 13.9. The molecule has 0 N–H and O–H groups in total. The van der Waals surface area contributed by atoms with E-state index in [2.05, 4.69) is 11.0 Å². The third-order valence-corrected chi connectivity index (χ3v) is 6.62. The molecule has 2 aromatic rings. The Hall–Kier alpha value is -2.71. The summed E-state index contributed by atoms with van der Waals surface area (Å²) in [6.07, 6.45) is 3.66. The predicted octanol–water partition coefficient (Wildman–Crippen LogP) is 4.24. The number of hydrogen-bond acceptors (Lipinski definition) is 4. The Morgan fingerprint density at radius 1 is 1.17 bits per heavy atom. The van der Waals surface area contributed by atoms with Crippen molar-refractivity contribution < 1.29 is 17.6 Å². The molecule has 1 aliphatic rings. The van der Waals surface area contributed by atoms with Crippen molar-refractivity contribution in [2.75, 3.05) is 6.54 Å². The van der Waals surface area contributed by atoms with E-state index in [1.165, 1.54) is 41.3 Å². The first-order chi connectivity index (χ1) is 13.9. The molecule has 0 unspecified atom stereocenters. The molecule has 2 aromatic carbocycles. The fourth-order valence-corrected chi connectivity index (χ4v) is 4.83. The molecule has 8 heteroatoms. The van der Waals surface area contributed by atoms with Crippen LogP contribution in [0.5, 0.6) is 0 Å². The second-order valence-electron chi connectivity index (χ2n) is 6.18. The molecule has 3 rings (SSSR count). The number of hydrogen-bond donors (Lipinski definition) is 0. The van der Waals surface area contributed by atoms with Gasteiger partial charge in [0.05, 0.1) is 9.80 Å². The number of sulfonamides is 1. The molecule has 1 heterocycles. The zero-order valence-corrected chi connectivity index (χ0v) is 17.3. The number of carbonyl (C=O) groups excluding carboxylic acids is 1. The van der Waals surface area contributed by atoms with Crippen molar-refractivity contribution in [3.8, 4) is 0 Å². The molecule has 0 aromatic heterocycles. The molecular formula is C21H19FN2O3S2. The topological polar surface area (TPSA) is 66.8 Å². The van der Waals surface area contributed by atoms with Gasteiger partial charge in [-0.3, -0.25) is 9.69 Å². The molecule has 0 spiro atoms. The van der Waals surface area contributed by atoms with Crippen LogP contribution in [0.1, 0.15) is 18.1 Å². The van der Waals surface area contributed by atoms with Gasteiger partial charge in [-0.1, -0.05) is 43.3 Å². The molecule has 0 atom stereocenters. The average Bonchev–Trinajstić information content (AvgIpc) is 2.98. The van der Waals surface area contributed by atoms with E-state index in [-0.39, 0.29) is 27.1 Å². The predicted molar refractivity (Wildman–Crippen MR) is 114 cm³/mol. The third-order valence-electron chi connectivity index (χ3n) is 4.22. The lowest BCUT2D eigenvalue weighted by Gasteiger charge is -2.12. The van der Waals surface area contributed by atoms with Gasteiger partial charge in [-0.25, -0.2) is 4.39 Å². The van der Waals surface area contributed by atoms with Gasteiger partial charge in [0, 0.05) is 12.1 Å². The number of amides is 1. The quantitative estimate of drug-likeness (QED) is 0.508. The number of halogens is 1. The van der Waals surface area contributed by atoms with Crippen LogP contribution in [0.4, 0.5) is 4.39 Å². The summed E-state index contributed by atoms with van der Waals surface area (Å²) >= 11 is 0.893. The first kappa shape index (κ1) is 21.0. The second kappa shape index (κ2) is 8.75. The fourth-order valence-electron chi connectivity index (χ4n) is 2.65. The van der Waals surface area contributed by atoms with Crippen molar-refractivity contribution in [3.63, 3.8) is 0 Å². The lowest BCUT2D eigenvalue weighted by Crippen LogP contribution is -2.29. The van der Waals surface area contributed by atoms with E-state index in [9.17, 15) is 17.6 Å². The van der Waals surface area contributed by atoms with Gasteiger partial charge in [-0.15, -0.1) is 11.0 Å². The van der Waals surface area contributed by atoms with Gasteiger partial charge < -0.3 is 0 Å². The summed E-state index contributed by atoms with van der Waals surface area (Å²) in [6, 6.07) is 12.5. The Bertz CT molecular complexity index is 1110. The number of thioether (sulfide) groups is 1. The minimum Gasteiger partial charge on any atom is -0.282 e. The van der Waals surface area contributed by atoms with E-state index < -0.39 is 21.7 Å². The summed E-state index contributed by atoms with van der Waals surface area (Å²) in [7, 11) is -4.01. The summed E-state index contributed by atoms with van der Waals surface area (Å²) in [5, 5.41) is 0.0112. The highest BCUT2D eigenvalue weighted by Crippen LogP contribution is 2.34. The van der Waals surface area contributed by atoms with Gasteiger partial charge in [-0.05, 0) is 48.0 Å². The van der Waals surface area contributed by atoms with Crippen LogP contribution in [0.2, 0.25) is 0 Å². The zero-order valence-electron chi connectivity index (χ0n) is 15.7. The van der Waals surface area contributed by atoms with E-state index >= 15 is 0 Å². The molecular weight excluding hydrogens is 411 g/mol. The molecule has 1 saturated heterocycles. The Morgan fingerprint density at radius 3 is 2.48 bits per heavy atom. The SMILES string of the molecule is C=CCN1C(=O)/C(=C/c2ccccc2F)S/C1=N/S(=O)(=O)c1ccc(CC)cc1. The maximum absolute atomic E-state index is 13.9. The number of aryl methyl sites for hydroxylation is 1. The zero-order chi connectivity index (χ0) is 21.0. The Morgan fingerprint density at radius 2 is 1.86 bits per heavy atom. The monoisotopic (exact) mass is 430 g/mol. The third kappa shape index (κ3) is 4.65. The summed E-state index contributed by atoms with van der Waals surface area (Å²) in [4.78, 5) is 14.2. The van der Waals surface area contributed by atoms with Crippen LogP contribution in [0.15, 0.2) is 75.4 Å². The number of amidine groups is 1. The van der Waals surface area contributed by atoms with Gasteiger partial charge in [0.2, 0.25) is 0 Å². The van der Waals surface area contributed by atoms with Crippen LogP contribution < -0.4 is 0 Å². The average molecular weight is 431 g/mol. The van der Waals surface area contributed by atoms with Crippen molar-refractivity contribution in [2.24, 2.45) is 4.40 Å². The Balaban J connectivity index is 1.99. The number of benzene rings is 2. The minimum absolute atomic E-state index is 0.0112. The van der Waals surface area contributed by atoms with Crippen molar-refractivity contribution in [1.29, 1.82) is 0 Å². The Labute approximate surface area is 173 Å². The van der Waals surface area contributed by atoms with Gasteiger partial charge in [0.15, 0.2) is 5.17 Å². The molecule has 1 fully saturated rings. The van der Waals surface area contributed by atoms with Crippen LogP contribution in [0.3, 0.4) is 0 Å². The molecule has 1 aliphatic heterocycles. The van der Waals surface area contributed by atoms with Crippen LogP contribution in [-0.4, -0.2) is 30.9 Å². The second-order valence-corrected chi connectivity index (χ2v) is 8.80. The summed E-state index contributed by atoms with van der Waals surface area (Å²) < 4.78 is 43.3. The highest BCUT2D eigenvalue weighted by molar-refractivity contribution is 8.19. The van der Waals surface area contributed by atoms with Crippen molar-refractivity contribution in [2.45, 2.75) is 18.2 Å². The fraction of sp³-hybridized carbons (Fsp3) is 0.143. The molecule has 5 nitrogen and oxygen atoms in total. The largest absolute Gasteiger partial charge is 0.284 e. The standard InChI is InChI=1S/C21H19FN2O3S2/c1-3-13-24-20(25)19(14-16-7-5-6-8-18(16)22)28-21(24)23-29(26,27)17-11-9-15(4-2)10-12-17/h3,5-12,14H,1,4,13H2,2H3/b19-14-,23-21+. The van der Waals surface area contributed by atoms with E-state index in [0.29, 0.717) is 0 Å². The first-order valence-electron chi connectivity index (χ1n) is 8.86. The summed E-state index contributed by atoms with van der Waals surface area (Å²) in [6.45, 7) is 5.66. The summed E-state index contributed by atoms with van der Waals surface area (Å²) in [5.74, 6) is -0.925. The van der Waals surface area contributed by atoms with Crippen molar-refractivity contribution in [1.82, 2.24) is 4.90 Å². The number of carbonyl (C=O) groups is 1. The van der Waals surface area contributed by atoms with E-state index in [1.807, 2.05) is 6.92 Å². The van der Waals surface area contributed by atoms with Gasteiger partial charge in [0.1, 0.15) is 5.82 Å². The molecule has 1 amide bonds. The first-order valence-corrected chi connectivity index (χ1v) is 11.1. The maximum Gasteiger partial charge on any atom is 0.284 e. The Kier molecular flexibility index (Phi) is 6.34. The lowest BCUT2D eigenvalue weighted by atomic mass is 10.2. The lowest BCUT2D eigenvalue weighted by molar-refractivity contribution is -0.121. The molecule has 0 radical (unpaired) electrons. The van der Waals surface area contributed by atoms with Crippen LogP contribution in [-0.2, 0) is 21.2 Å². The molecule has 150 valence electrons. The number of nitrogens with zero attached hydrogens (tertiary/aromatic N) is 2. The van der Waals surface area contributed by atoms with E-state index in [4.69, 9.17) is 0 Å². The molecule has 0 saturated carbocycles. The smallest absolute Gasteiger partial charge is 0.282 e. The van der Waals surface area contributed by atoms with Crippen LogP contribution >= 0.6 is 11.8 Å². The van der Waals surface area contributed by atoms with Crippen molar-refractivity contribution in [3.05, 3.63) is 83.0 Å². The molecule has 0 bridgehead atoms. The van der Waals surface area contributed by atoms with Crippen LogP contribution in [0, 0.1) is 5.82 Å². The van der Waals surface area contributed by atoms with Gasteiger partial charge in [-0.2, -0.15) is 8.42 Å². The minimum atomic E-state index is -4.01.